The minimum absolute atomic E-state index is 0. The highest BCUT2D eigenvalue weighted by Gasteiger charge is 2.48. The number of nitrogens with zero attached hydrogens (tertiary/aromatic N) is 3. The van der Waals surface area contributed by atoms with E-state index in [2.05, 4.69) is 57.2 Å². The van der Waals surface area contributed by atoms with Gasteiger partial charge in [-0.25, -0.2) is 0 Å². The summed E-state index contributed by atoms with van der Waals surface area (Å²) in [6.07, 6.45) is 9.92. The van der Waals surface area contributed by atoms with Crippen LogP contribution in [0.3, 0.4) is 0 Å². The Morgan fingerprint density at radius 1 is 0.905 bits per heavy atom. The number of carbonyl (C=O) groups is 2. The van der Waals surface area contributed by atoms with Crippen LogP contribution in [0.4, 0.5) is 0 Å². The molecule has 2 aromatic rings. The van der Waals surface area contributed by atoms with Crippen LogP contribution >= 0.6 is 12.4 Å². The fourth-order valence-electron chi connectivity index (χ4n) is 8.06. The summed E-state index contributed by atoms with van der Waals surface area (Å²) in [7, 11) is 1.68. The lowest BCUT2D eigenvalue weighted by Crippen LogP contribution is -2.46. The second-order valence-electron chi connectivity index (χ2n) is 13.2. The number of rotatable bonds is 8. The first-order chi connectivity index (χ1) is 20.0. The van der Waals surface area contributed by atoms with Gasteiger partial charge in [0.2, 0.25) is 11.8 Å². The van der Waals surface area contributed by atoms with Crippen molar-refractivity contribution in [2.75, 3.05) is 46.4 Å². The quantitative estimate of drug-likeness (QED) is 0.369. The Labute approximate surface area is 258 Å². The van der Waals surface area contributed by atoms with Crippen molar-refractivity contribution in [2.24, 2.45) is 17.3 Å². The maximum Gasteiger partial charge on any atom is 0.229 e. The number of hydrogen-bond acceptors (Lipinski definition) is 4. The van der Waals surface area contributed by atoms with Gasteiger partial charge in [0.25, 0.3) is 0 Å². The van der Waals surface area contributed by atoms with E-state index in [-0.39, 0.29) is 17.8 Å². The standard InChI is InChI=1S/C35H47N3O3.ClH/c1-41-31-14-12-28(13-15-31)23-37-21-18-35(34(37)40)16-19-36(20-17-35)24-30-25-38(26-32(30)29-10-6-3-7-11-29)33(39)22-27-8-4-2-5-9-27;/h3,6-7,10-15,27,30,32H,2,4-5,8-9,16-26H2,1H3;1H/t30-,32+;/m0./s1. The molecule has 0 bridgehead atoms. The van der Waals surface area contributed by atoms with E-state index in [0.717, 1.165) is 76.3 Å². The van der Waals surface area contributed by atoms with Crippen LogP contribution in [0.1, 0.15) is 74.8 Å². The molecule has 4 fully saturated rings. The number of ether oxygens (including phenoxy) is 1. The Balaban J connectivity index is 0.00000353. The van der Waals surface area contributed by atoms with Crippen LogP contribution in [-0.4, -0.2) is 72.9 Å². The molecule has 42 heavy (non-hydrogen) atoms. The molecule has 1 saturated carbocycles. The summed E-state index contributed by atoms with van der Waals surface area (Å²) >= 11 is 0. The molecule has 3 aliphatic heterocycles. The first kappa shape index (κ1) is 30.9. The zero-order chi connectivity index (χ0) is 28.2. The summed E-state index contributed by atoms with van der Waals surface area (Å²) in [6.45, 7) is 6.18. The number of piperidine rings is 1. The molecule has 7 heteroatoms. The van der Waals surface area contributed by atoms with Crippen LogP contribution in [0.25, 0.3) is 0 Å². The van der Waals surface area contributed by atoms with Crippen molar-refractivity contribution in [3.63, 3.8) is 0 Å². The first-order valence-corrected chi connectivity index (χ1v) is 16.0. The maximum atomic E-state index is 13.6. The molecule has 6 nitrogen and oxygen atoms in total. The Morgan fingerprint density at radius 3 is 2.29 bits per heavy atom. The summed E-state index contributed by atoms with van der Waals surface area (Å²) in [5.41, 5.74) is 2.32. The van der Waals surface area contributed by atoms with Crippen molar-refractivity contribution >= 4 is 24.2 Å². The minimum atomic E-state index is -0.195. The number of carbonyl (C=O) groups excluding carboxylic acids is 2. The van der Waals surface area contributed by atoms with E-state index in [1.54, 1.807) is 7.11 Å². The summed E-state index contributed by atoms with van der Waals surface area (Å²) in [6, 6.07) is 18.9. The lowest BCUT2D eigenvalue weighted by Gasteiger charge is -2.39. The van der Waals surface area contributed by atoms with Gasteiger partial charge >= 0.3 is 0 Å². The molecule has 3 saturated heterocycles. The molecule has 0 N–H and O–H groups in total. The van der Waals surface area contributed by atoms with Crippen molar-refractivity contribution in [1.82, 2.24) is 14.7 Å². The van der Waals surface area contributed by atoms with Gasteiger partial charge in [0.05, 0.1) is 12.5 Å². The highest BCUT2D eigenvalue weighted by molar-refractivity contribution is 5.85. The van der Waals surface area contributed by atoms with E-state index in [0.29, 0.717) is 36.1 Å². The second kappa shape index (κ2) is 13.8. The van der Waals surface area contributed by atoms with Crippen LogP contribution in [0.15, 0.2) is 54.6 Å². The first-order valence-electron chi connectivity index (χ1n) is 16.0. The van der Waals surface area contributed by atoms with Gasteiger partial charge in [-0.05, 0) is 80.3 Å². The van der Waals surface area contributed by atoms with Gasteiger partial charge in [-0.2, -0.15) is 0 Å². The largest absolute Gasteiger partial charge is 0.497 e. The van der Waals surface area contributed by atoms with Gasteiger partial charge in [-0.15, -0.1) is 12.4 Å². The SMILES string of the molecule is COc1ccc(CN2CCC3(CCN(C[C@H]4CN(C(=O)CC5CCCCC5)C[C@@H]4c4ccccc4)CC3)C2=O)cc1.Cl. The molecule has 2 aromatic carbocycles. The van der Waals surface area contributed by atoms with Crippen LogP contribution < -0.4 is 4.74 Å². The average Bonchev–Trinajstić information content (AvgIpc) is 3.57. The van der Waals surface area contributed by atoms with Crippen LogP contribution in [0.5, 0.6) is 5.75 Å². The topological polar surface area (TPSA) is 53.1 Å². The Morgan fingerprint density at radius 2 is 1.60 bits per heavy atom. The van der Waals surface area contributed by atoms with Crippen LogP contribution in [0.2, 0.25) is 0 Å². The Bertz CT molecular complexity index is 1180. The van der Waals surface area contributed by atoms with Gasteiger partial charge in [-0.3, -0.25) is 9.59 Å². The fraction of sp³-hybridized carbons (Fsp3) is 0.600. The molecule has 0 unspecified atom stereocenters. The van der Waals surface area contributed by atoms with Crippen molar-refractivity contribution < 1.29 is 14.3 Å². The number of likely N-dealkylation sites (tertiary alicyclic amines) is 3. The van der Waals surface area contributed by atoms with Crippen LogP contribution in [0, 0.1) is 17.3 Å². The molecule has 0 radical (unpaired) electrons. The summed E-state index contributed by atoms with van der Waals surface area (Å²) < 4.78 is 5.28. The predicted octanol–water partition coefficient (Wildman–Crippen LogP) is 6.14. The third-order valence-corrected chi connectivity index (χ3v) is 10.6. The molecule has 0 aromatic heterocycles. The molecule has 228 valence electrons. The number of hydrogen-bond donors (Lipinski definition) is 0. The highest BCUT2D eigenvalue weighted by atomic mass is 35.5. The monoisotopic (exact) mass is 593 g/mol. The zero-order valence-corrected chi connectivity index (χ0v) is 26.0. The molecule has 6 rings (SSSR count). The Hall–Kier alpha value is -2.57. The molecule has 1 spiro atoms. The number of methoxy groups -OCH3 is 1. The zero-order valence-electron chi connectivity index (χ0n) is 25.2. The number of benzene rings is 2. The lowest BCUT2D eigenvalue weighted by atomic mass is 9.76. The average molecular weight is 594 g/mol. The number of amides is 2. The Kier molecular flexibility index (Phi) is 10.2. The molecule has 2 amide bonds. The van der Waals surface area contributed by atoms with E-state index in [1.807, 2.05) is 12.1 Å². The van der Waals surface area contributed by atoms with Crippen molar-refractivity contribution in [1.29, 1.82) is 0 Å². The molecule has 2 atom stereocenters. The molecule has 4 aliphatic rings. The predicted molar refractivity (Wildman–Crippen MR) is 169 cm³/mol. The number of halogens is 1. The van der Waals surface area contributed by atoms with Crippen LogP contribution in [-0.2, 0) is 16.1 Å². The summed E-state index contributed by atoms with van der Waals surface area (Å²) in [5, 5.41) is 0. The van der Waals surface area contributed by atoms with E-state index >= 15 is 0 Å². The van der Waals surface area contributed by atoms with Gasteiger partial charge in [0.15, 0.2) is 0 Å². The van der Waals surface area contributed by atoms with Crippen molar-refractivity contribution in [3.05, 3.63) is 65.7 Å². The normalized spacial score (nSPS) is 24.6. The molecular formula is C35H48ClN3O3. The van der Waals surface area contributed by atoms with E-state index < -0.39 is 0 Å². The van der Waals surface area contributed by atoms with E-state index in [9.17, 15) is 9.59 Å². The highest BCUT2D eigenvalue weighted by Crippen LogP contribution is 2.43. The maximum absolute atomic E-state index is 13.6. The lowest BCUT2D eigenvalue weighted by molar-refractivity contribution is -0.139. The van der Waals surface area contributed by atoms with E-state index in [4.69, 9.17) is 4.74 Å². The smallest absolute Gasteiger partial charge is 0.229 e. The fourth-order valence-corrected chi connectivity index (χ4v) is 8.06. The van der Waals surface area contributed by atoms with Crippen molar-refractivity contribution in [2.45, 2.75) is 70.3 Å². The third-order valence-electron chi connectivity index (χ3n) is 10.6. The van der Waals surface area contributed by atoms with Gasteiger partial charge in [-0.1, -0.05) is 61.7 Å². The minimum Gasteiger partial charge on any atom is -0.497 e. The third kappa shape index (κ3) is 6.81. The van der Waals surface area contributed by atoms with Gasteiger partial charge < -0.3 is 19.4 Å². The molecule has 3 heterocycles. The van der Waals surface area contributed by atoms with Gasteiger partial charge in [0.1, 0.15) is 5.75 Å². The van der Waals surface area contributed by atoms with Gasteiger partial charge in [0, 0.05) is 45.1 Å². The van der Waals surface area contributed by atoms with Crippen molar-refractivity contribution in [3.8, 4) is 5.75 Å². The summed E-state index contributed by atoms with van der Waals surface area (Å²) in [5.74, 6) is 2.96. The summed E-state index contributed by atoms with van der Waals surface area (Å²) in [4.78, 5) is 33.8. The molecular weight excluding hydrogens is 546 g/mol. The van der Waals surface area contributed by atoms with E-state index in [1.165, 1.54) is 37.7 Å². The second-order valence-corrected chi connectivity index (χ2v) is 13.2. The molecule has 1 aliphatic carbocycles.